The Kier molecular flexibility index (Phi) is 6.46. The van der Waals surface area contributed by atoms with Crippen molar-refractivity contribution >= 4 is 33.7 Å². The van der Waals surface area contributed by atoms with Crippen LogP contribution in [0.3, 0.4) is 0 Å². The smallest absolute Gasteiger partial charge is 0.354 e. The van der Waals surface area contributed by atoms with Crippen molar-refractivity contribution in [2.45, 2.75) is 6.42 Å². The van der Waals surface area contributed by atoms with E-state index in [0.29, 0.717) is 51.5 Å². The van der Waals surface area contributed by atoms with Crippen LogP contribution in [-0.4, -0.2) is 64.6 Å². The number of nitrogens with one attached hydrogen (secondary N) is 2. The maximum Gasteiger partial charge on any atom is 0.354 e. The molecule has 2 aromatic carbocycles. The first-order chi connectivity index (χ1) is 16.9. The number of methoxy groups -OCH3 is 6. The third kappa shape index (κ3) is 3.96. The van der Waals surface area contributed by atoms with E-state index in [-0.39, 0.29) is 5.69 Å². The van der Waals surface area contributed by atoms with Gasteiger partial charge in [-0.25, -0.2) is 9.59 Å². The van der Waals surface area contributed by atoms with Crippen LogP contribution in [0, 0.1) is 0 Å². The summed E-state index contributed by atoms with van der Waals surface area (Å²) in [6.45, 7) is 0. The molecule has 0 radical (unpaired) electrons. The minimum absolute atomic E-state index is 0.271. The molecule has 0 atom stereocenters. The van der Waals surface area contributed by atoms with Crippen molar-refractivity contribution in [3.05, 3.63) is 46.8 Å². The summed E-state index contributed by atoms with van der Waals surface area (Å²) >= 11 is 0. The van der Waals surface area contributed by atoms with E-state index in [1.165, 1.54) is 21.3 Å². The Hall–Kier alpha value is -4.34. The molecule has 0 aliphatic heterocycles. The molecule has 0 spiro atoms. The fraction of sp³-hybridized carbons (Fsp3) is 0.280. The van der Waals surface area contributed by atoms with Crippen LogP contribution in [0.2, 0.25) is 0 Å². The molecular weight excluding hydrogens is 456 g/mol. The van der Waals surface area contributed by atoms with Gasteiger partial charge in [-0.1, -0.05) is 0 Å². The Bertz CT molecular complexity index is 1430. The molecule has 0 saturated heterocycles. The summed E-state index contributed by atoms with van der Waals surface area (Å²) in [6.07, 6.45) is 0.306. The highest BCUT2D eigenvalue weighted by atomic mass is 16.5. The lowest BCUT2D eigenvalue weighted by atomic mass is 9.97. The fourth-order valence-corrected chi connectivity index (χ4v) is 4.29. The second-order valence-electron chi connectivity index (χ2n) is 7.63. The number of ether oxygens (including phenoxy) is 6. The maximum absolute atomic E-state index is 12.3. The van der Waals surface area contributed by atoms with Crippen LogP contribution in [0.15, 0.2) is 24.3 Å². The van der Waals surface area contributed by atoms with E-state index in [4.69, 9.17) is 28.4 Å². The lowest BCUT2D eigenvalue weighted by Gasteiger charge is -2.17. The zero-order chi connectivity index (χ0) is 25.3. The lowest BCUT2D eigenvalue weighted by Crippen LogP contribution is -2.02. The fourth-order valence-electron chi connectivity index (χ4n) is 4.29. The molecule has 0 unspecified atom stereocenters. The first kappa shape index (κ1) is 23.8. The SMILES string of the molecule is COC(=O)c1cc2c(Cc3c(OC)cc(OC)c4cc(C(=O)OC)[nH]c34)c(OC)c(OC)cc2[nH]1. The molecule has 0 amide bonds. The van der Waals surface area contributed by atoms with Gasteiger partial charge >= 0.3 is 11.9 Å². The standard InChI is InChI=1S/C25H26N2O8/c1-30-19-11-20(31-2)15-9-18(25(29)35-6)27-22(15)14(19)7-13-12-8-17(24(28)34-5)26-16(12)10-21(32-3)23(13)33-4/h8-11,26-27H,7H2,1-6H3. The highest BCUT2D eigenvalue weighted by Crippen LogP contribution is 2.43. The molecule has 10 heteroatoms. The van der Waals surface area contributed by atoms with Gasteiger partial charge in [-0.3, -0.25) is 0 Å². The minimum Gasteiger partial charge on any atom is -0.496 e. The maximum atomic E-state index is 12.3. The molecule has 0 fully saturated rings. The summed E-state index contributed by atoms with van der Waals surface area (Å²) in [5.74, 6) is 1.04. The number of hydrogen-bond acceptors (Lipinski definition) is 8. The molecular formula is C25H26N2O8. The number of rotatable bonds is 8. The summed E-state index contributed by atoms with van der Waals surface area (Å²) in [5.41, 5.74) is 3.36. The zero-order valence-corrected chi connectivity index (χ0v) is 20.3. The quantitative estimate of drug-likeness (QED) is 0.363. The zero-order valence-electron chi connectivity index (χ0n) is 20.3. The Balaban J connectivity index is 2.01. The molecule has 4 rings (SSSR count). The number of fused-ring (bicyclic) bond motifs is 2. The van der Waals surface area contributed by atoms with E-state index in [9.17, 15) is 9.59 Å². The molecule has 2 heterocycles. The highest BCUT2D eigenvalue weighted by molar-refractivity contribution is 6.01. The Morgan fingerprint density at radius 1 is 0.657 bits per heavy atom. The number of aromatic amines is 2. The van der Waals surface area contributed by atoms with Gasteiger partial charge in [0, 0.05) is 40.5 Å². The van der Waals surface area contributed by atoms with Gasteiger partial charge in [0.2, 0.25) is 0 Å². The summed E-state index contributed by atoms with van der Waals surface area (Å²) in [4.78, 5) is 30.7. The van der Waals surface area contributed by atoms with E-state index in [1.807, 2.05) is 0 Å². The van der Waals surface area contributed by atoms with Gasteiger partial charge in [0.05, 0.1) is 53.7 Å². The number of hydrogen-bond donors (Lipinski definition) is 2. The van der Waals surface area contributed by atoms with Crippen LogP contribution in [0.5, 0.6) is 23.0 Å². The average molecular weight is 482 g/mol. The number of benzene rings is 2. The number of esters is 2. The molecule has 0 aliphatic carbocycles. The summed E-state index contributed by atoms with van der Waals surface area (Å²) in [7, 11) is 8.82. The predicted molar refractivity (Wildman–Crippen MR) is 128 cm³/mol. The van der Waals surface area contributed by atoms with Crippen molar-refractivity contribution in [2.75, 3.05) is 42.7 Å². The largest absolute Gasteiger partial charge is 0.496 e. The Morgan fingerprint density at radius 3 is 1.83 bits per heavy atom. The van der Waals surface area contributed by atoms with Gasteiger partial charge in [-0.05, 0) is 12.1 Å². The molecule has 2 aromatic heterocycles. The third-order valence-corrected chi connectivity index (χ3v) is 5.92. The molecule has 4 aromatic rings. The van der Waals surface area contributed by atoms with E-state index < -0.39 is 11.9 Å². The van der Waals surface area contributed by atoms with Gasteiger partial charge < -0.3 is 38.4 Å². The lowest BCUT2D eigenvalue weighted by molar-refractivity contribution is 0.0586. The topological polar surface area (TPSA) is 121 Å². The number of carbonyl (C=O) groups is 2. The van der Waals surface area contributed by atoms with Crippen LogP contribution >= 0.6 is 0 Å². The Labute approximate surface area is 201 Å². The average Bonchev–Trinajstić information content (AvgIpc) is 3.52. The molecule has 2 N–H and O–H groups in total. The van der Waals surface area contributed by atoms with E-state index in [2.05, 4.69) is 9.97 Å². The summed E-state index contributed by atoms with van der Waals surface area (Å²) < 4.78 is 32.3. The van der Waals surface area contributed by atoms with Crippen molar-refractivity contribution in [3.63, 3.8) is 0 Å². The summed E-state index contributed by atoms with van der Waals surface area (Å²) in [6, 6.07) is 6.90. The van der Waals surface area contributed by atoms with Gasteiger partial charge in [0.15, 0.2) is 11.5 Å². The molecule has 35 heavy (non-hydrogen) atoms. The first-order valence-electron chi connectivity index (χ1n) is 10.6. The van der Waals surface area contributed by atoms with Crippen molar-refractivity contribution in [1.82, 2.24) is 9.97 Å². The van der Waals surface area contributed by atoms with Gasteiger partial charge in [0.25, 0.3) is 0 Å². The van der Waals surface area contributed by atoms with E-state index in [1.54, 1.807) is 45.6 Å². The van der Waals surface area contributed by atoms with E-state index in [0.717, 1.165) is 16.5 Å². The second-order valence-corrected chi connectivity index (χ2v) is 7.63. The normalized spacial score (nSPS) is 10.9. The molecule has 0 bridgehead atoms. The van der Waals surface area contributed by atoms with Crippen LogP contribution < -0.4 is 18.9 Å². The van der Waals surface area contributed by atoms with Crippen LogP contribution in [0.1, 0.15) is 32.1 Å². The summed E-state index contributed by atoms with van der Waals surface area (Å²) in [5, 5.41) is 1.43. The monoisotopic (exact) mass is 482 g/mol. The minimum atomic E-state index is -0.511. The first-order valence-corrected chi connectivity index (χ1v) is 10.6. The van der Waals surface area contributed by atoms with E-state index >= 15 is 0 Å². The molecule has 10 nitrogen and oxygen atoms in total. The van der Waals surface area contributed by atoms with Gasteiger partial charge in [-0.15, -0.1) is 0 Å². The van der Waals surface area contributed by atoms with Crippen molar-refractivity contribution in [3.8, 4) is 23.0 Å². The third-order valence-electron chi connectivity index (χ3n) is 5.92. The highest BCUT2D eigenvalue weighted by Gasteiger charge is 2.24. The second kappa shape index (κ2) is 9.49. The van der Waals surface area contributed by atoms with Gasteiger partial charge in [-0.2, -0.15) is 0 Å². The molecule has 0 aliphatic rings. The van der Waals surface area contributed by atoms with Crippen LogP contribution in [0.4, 0.5) is 0 Å². The number of carbonyl (C=O) groups excluding carboxylic acids is 2. The van der Waals surface area contributed by atoms with Crippen molar-refractivity contribution in [1.29, 1.82) is 0 Å². The number of H-pyrrole nitrogens is 2. The molecule has 184 valence electrons. The van der Waals surface area contributed by atoms with Crippen LogP contribution in [-0.2, 0) is 15.9 Å². The number of aromatic nitrogens is 2. The molecule has 0 saturated carbocycles. The van der Waals surface area contributed by atoms with Crippen molar-refractivity contribution < 1.29 is 38.0 Å². The van der Waals surface area contributed by atoms with Crippen LogP contribution in [0.25, 0.3) is 21.8 Å². The van der Waals surface area contributed by atoms with Gasteiger partial charge in [0.1, 0.15) is 22.9 Å². The Morgan fingerprint density at radius 2 is 1.26 bits per heavy atom. The predicted octanol–water partition coefficient (Wildman–Crippen LogP) is 3.85. The van der Waals surface area contributed by atoms with Crippen molar-refractivity contribution in [2.24, 2.45) is 0 Å².